The molecule has 0 unspecified atom stereocenters. The summed E-state index contributed by atoms with van der Waals surface area (Å²) >= 11 is 5.87. The summed E-state index contributed by atoms with van der Waals surface area (Å²) in [7, 11) is 0. The number of hydrogen-bond acceptors (Lipinski definition) is 4. The Morgan fingerprint density at radius 3 is 2.18 bits per heavy atom. The Bertz CT molecular complexity index is 653. The first kappa shape index (κ1) is 22.7. The lowest BCUT2D eigenvalue weighted by molar-refractivity contribution is 0.0698. The highest BCUT2D eigenvalue weighted by atomic mass is 35.5. The van der Waals surface area contributed by atoms with Gasteiger partial charge in [-0.05, 0) is 36.4 Å². The number of carboxylic acids is 1. The van der Waals surface area contributed by atoms with E-state index in [0.29, 0.717) is 27.8 Å². The van der Waals surface area contributed by atoms with Crippen LogP contribution in [0.5, 0.6) is 0 Å². The first-order valence-electron chi connectivity index (χ1n) is 5.42. The lowest BCUT2D eigenvalue weighted by atomic mass is 10.1. The van der Waals surface area contributed by atoms with Gasteiger partial charge in [-0.3, -0.25) is 0 Å². The molecule has 0 amide bonds. The summed E-state index contributed by atoms with van der Waals surface area (Å²) in [4.78, 5) is 11.1. The fourth-order valence-corrected chi connectivity index (χ4v) is 1.82. The summed E-state index contributed by atoms with van der Waals surface area (Å²) in [5, 5.41) is 12.5. The molecule has 0 saturated heterocycles. The monoisotopic (exact) mass is 385 g/mol. The van der Waals surface area contributed by atoms with E-state index >= 15 is 0 Å². The van der Waals surface area contributed by atoms with Crippen LogP contribution in [0.4, 0.5) is 22.7 Å². The van der Waals surface area contributed by atoms with Gasteiger partial charge in [0.25, 0.3) is 0 Å². The van der Waals surface area contributed by atoms with Gasteiger partial charge >= 0.3 is 5.97 Å². The summed E-state index contributed by atoms with van der Waals surface area (Å²) in [5.74, 6) is -1.05. The van der Waals surface area contributed by atoms with Crippen LogP contribution in [0.25, 0.3) is 0 Å². The van der Waals surface area contributed by atoms with E-state index < -0.39 is 5.97 Å². The lowest BCUT2D eigenvalue weighted by Gasteiger charge is -2.12. The molecule has 9 heteroatoms. The van der Waals surface area contributed by atoms with Crippen molar-refractivity contribution in [1.82, 2.24) is 0 Å². The summed E-state index contributed by atoms with van der Waals surface area (Å²) < 4.78 is 0. The third-order valence-electron chi connectivity index (χ3n) is 2.56. The van der Waals surface area contributed by atoms with Crippen molar-refractivity contribution >= 4 is 77.5 Å². The maximum Gasteiger partial charge on any atom is 0.337 e. The maximum absolute atomic E-state index is 11.1. The second-order valence-corrected chi connectivity index (χ2v) is 4.40. The average Bonchev–Trinajstić information content (AvgIpc) is 2.32. The van der Waals surface area contributed by atoms with Crippen LogP contribution >= 0.6 is 48.8 Å². The quantitative estimate of drug-likeness (QED) is 0.591. The van der Waals surface area contributed by atoms with Gasteiger partial charge in [0.1, 0.15) is 0 Å². The number of anilines is 4. The second kappa shape index (κ2) is 9.48. The number of nitrogens with two attached hydrogens (primary N) is 2. The molecular formula is C13H15Cl4N3O2. The molecule has 0 spiro atoms. The van der Waals surface area contributed by atoms with Crippen LogP contribution in [0.15, 0.2) is 36.4 Å². The molecule has 2 rings (SSSR count). The molecule has 22 heavy (non-hydrogen) atoms. The van der Waals surface area contributed by atoms with Gasteiger partial charge in [0.2, 0.25) is 0 Å². The lowest BCUT2D eigenvalue weighted by Crippen LogP contribution is -2.04. The zero-order valence-corrected chi connectivity index (χ0v) is 14.3. The number of rotatable bonds is 3. The SMILES string of the molecule is Cl.Cl.Cl.Nc1ccc(Nc2cc(Cl)ccc2C(=O)O)c(N)c1. The smallest absolute Gasteiger partial charge is 0.337 e. The van der Waals surface area contributed by atoms with Crippen molar-refractivity contribution in [3.05, 3.63) is 47.0 Å². The van der Waals surface area contributed by atoms with Crippen LogP contribution in [0, 0.1) is 0 Å². The summed E-state index contributed by atoms with van der Waals surface area (Å²) in [5.41, 5.74) is 13.4. The molecule has 0 radical (unpaired) electrons. The van der Waals surface area contributed by atoms with Gasteiger partial charge in [0.15, 0.2) is 0 Å². The number of halogens is 4. The Hall–Kier alpha value is -1.53. The molecule has 2 aromatic rings. The van der Waals surface area contributed by atoms with Crippen molar-refractivity contribution < 1.29 is 9.90 Å². The first-order chi connectivity index (χ1) is 8.97. The fraction of sp³-hybridized carbons (Fsp3) is 0. The van der Waals surface area contributed by atoms with Crippen LogP contribution in [0.3, 0.4) is 0 Å². The number of aromatic carboxylic acids is 1. The average molecular weight is 387 g/mol. The number of nitrogens with one attached hydrogen (secondary N) is 1. The Morgan fingerprint density at radius 2 is 1.64 bits per heavy atom. The van der Waals surface area contributed by atoms with Crippen molar-refractivity contribution in [2.75, 3.05) is 16.8 Å². The van der Waals surface area contributed by atoms with E-state index in [0.717, 1.165) is 0 Å². The largest absolute Gasteiger partial charge is 0.478 e. The fourth-order valence-electron chi connectivity index (χ4n) is 1.65. The number of hydrogen-bond donors (Lipinski definition) is 4. The molecule has 0 aliphatic carbocycles. The number of nitrogen functional groups attached to an aromatic ring is 2. The second-order valence-electron chi connectivity index (χ2n) is 3.97. The molecule has 0 aromatic heterocycles. The van der Waals surface area contributed by atoms with Crippen molar-refractivity contribution in [3.8, 4) is 0 Å². The molecule has 0 aliphatic rings. The molecule has 0 saturated carbocycles. The Labute approximate surface area is 151 Å². The van der Waals surface area contributed by atoms with E-state index in [2.05, 4.69) is 5.32 Å². The predicted molar refractivity (Wildman–Crippen MR) is 98.7 cm³/mol. The molecule has 0 atom stereocenters. The number of carboxylic acid groups (broad SMARTS) is 1. The van der Waals surface area contributed by atoms with Crippen LogP contribution in [-0.2, 0) is 0 Å². The molecule has 0 bridgehead atoms. The van der Waals surface area contributed by atoms with Crippen molar-refractivity contribution in [3.63, 3.8) is 0 Å². The molecule has 5 nitrogen and oxygen atoms in total. The molecule has 122 valence electrons. The third kappa shape index (κ3) is 5.35. The Morgan fingerprint density at radius 1 is 1.00 bits per heavy atom. The summed E-state index contributed by atoms with van der Waals surface area (Å²) in [6.07, 6.45) is 0. The van der Waals surface area contributed by atoms with Gasteiger partial charge in [-0.15, -0.1) is 37.2 Å². The minimum absolute atomic E-state index is 0. The van der Waals surface area contributed by atoms with Crippen molar-refractivity contribution in [1.29, 1.82) is 0 Å². The van der Waals surface area contributed by atoms with Gasteiger partial charge in [-0.25, -0.2) is 4.79 Å². The van der Waals surface area contributed by atoms with Crippen LogP contribution in [0.2, 0.25) is 5.02 Å². The zero-order chi connectivity index (χ0) is 14.0. The minimum atomic E-state index is -1.05. The van der Waals surface area contributed by atoms with Crippen molar-refractivity contribution in [2.24, 2.45) is 0 Å². The molecule has 0 heterocycles. The van der Waals surface area contributed by atoms with E-state index in [-0.39, 0.29) is 42.8 Å². The number of benzene rings is 2. The highest BCUT2D eigenvalue weighted by Crippen LogP contribution is 2.29. The molecule has 0 fully saturated rings. The van der Waals surface area contributed by atoms with E-state index in [1.54, 1.807) is 18.2 Å². The van der Waals surface area contributed by atoms with E-state index in [1.807, 2.05) is 0 Å². The predicted octanol–water partition coefficient (Wildman–Crippen LogP) is 4.21. The van der Waals surface area contributed by atoms with Crippen LogP contribution in [0.1, 0.15) is 10.4 Å². The van der Waals surface area contributed by atoms with Gasteiger partial charge in [-0.2, -0.15) is 0 Å². The van der Waals surface area contributed by atoms with Crippen LogP contribution < -0.4 is 16.8 Å². The van der Waals surface area contributed by atoms with E-state index in [4.69, 9.17) is 28.2 Å². The standard InChI is InChI=1S/C13H12ClN3O2.3ClH/c14-7-1-3-9(13(18)19)12(5-7)17-11-4-2-8(15)6-10(11)16;;;/h1-6,17H,15-16H2,(H,18,19);3*1H. The topological polar surface area (TPSA) is 101 Å². The van der Waals surface area contributed by atoms with E-state index in [9.17, 15) is 4.79 Å². The normalized spacial score (nSPS) is 8.77. The highest BCUT2D eigenvalue weighted by Gasteiger charge is 2.11. The van der Waals surface area contributed by atoms with Gasteiger partial charge < -0.3 is 21.9 Å². The Kier molecular flexibility index (Phi) is 9.80. The van der Waals surface area contributed by atoms with Crippen molar-refractivity contribution in [2.45, 2.75) is 0 Å². The highest BCUT2D eigenvalue weighted by molar-refractivity contribution is 6.31. The van der Waals surface area contributed by atoms with Gasteiger partial charge in [0.05, 0.1) is 22.6 Å². The minimum Gasteiger partial charge on any atom is -0.478 e. The maximum atomic E-state index is 11.1. The Balaban J connectivity index is 0. The van der Waals surface area contributed by atoms with Gasteiger partial charge in [0, 0.05) is 10.7 Å². The number of carbonyl (C=O) groups is 1. The molecule has 6 N–H and O–H groups in total. The molecule has 2 aromatic carbocycles. The first-order valence-corrected chi connectivity index (χ1v) is 5.80. The van der Waals surface area contributed by atoms with Crippen LogP contribution in [-0.4, -0.2) is 11.1 Å². The molecular weight excluding hydrogens is 372 g/mol. The zero-order valence-electron chi connectivity index (χ0n) is 11.1. The van der Waals surface area contributed by atoms with E-state index in [1.165, 1.54) is 18.2 Å². The van der Waals surface area contributed by atoms with Gasteiger partial charge in [-0.1, -0.05) is 11.6 Å². The summed E-state index contributed by atoms with van der Waals surface area (Å²) in [6, 6.07) is 9.41. The third-order valence-corrected chi connectivity index (χ3v) is 2.79. The molecule has 0 aliphatic heterocycles. The summed E-state index contributed by atoms with van der Waals surface area (Å²) in [6.45, 7) is 0.